The van der Waals surface area contributed by atoms with Crippen LogP contribution in [0.15, 0.2) is 55.1 Å². The van der Waals surface area contributed by atoms with Gasteiger partial charge in [-0.2, -0.15) is 0 Å². The summed E-state index contributed by atoms with van der Waals surface area (Å²) in [5, 5.41) is 8.54. The summed E-state index contributed by atoms with van der Waals surface area (Å²) in [7, 11) is 0. The third-order valence-corrected chi connectivity index (χ3v) is 1.50. The summed E-state index contributed by atoms with van der Waals surface area (Å²) in [4.78, 5) is 7.44. The number of hydrogen-bond acceptors (Lipinski definition) is 3. The SMILES string of the molecule is OCc1ccccc1.c1cnccn1. The smallest absolute Gasteiger partial charge is 0.0681 e. The number of hydrogen-bond donors (Lipinski definition) is 1. The number of nitrogens with zero attached hydrogens (tertiary/aromatic N) is 2. The van der Waals surface area contributed by atoms with Gasteiger partial charge >= 0.3 is 0 Å². The van der Waals surface area contributed by atoms with Gasteiger partial charge in [-0.15, -0.1) is 0 Å². The Morgan fingerprint density at radius 1 is 0.857 bits per heavy atom. The molecule has 0 aliphatic heterocycles. The number of aliphatic hydroxyl groups is 1. The highest BCUT2D eigenvalue weighted by molar-refractivity contribution is 5.12. The van der Waals surface area contributed by atoms with Crippen LogP contribution in [0.5, 0.6) is 0 Å². The minimum Gasteiger partial charge on any atom is -0.392 e. The molecule has 3 heteroatoms. The first-order valence-corrected chi connectivity index (χ1v) is 4.28. The van der Waals surface area contributed by atoms with Gasteiger partial charge in [-0.3, -0.25) is 9.97 Å². The summed E-state index contributed by atoms with van der Waals surface area (Å²) in [5.74, 6) is 0. The predicted octanol–water partition coefficient (Wildman–Crippen LogP) is 1.66. The molecule has 3 nitrogen and oxygen atoms in total. The molecule has 0 spiro atoms. The van der Waals surface area contributed by atoms with Crippen molar-refractivity contribution in [3.05, 3.63) is 60.7 Å². The zero-order valence-electron chi connectivity index (χ0n) is 7.74. The molecule has 1 N–H and O–H groups in total. The Bertz CT molecular complexity index is 297. The molecule has 0 radical (unpaired) electrons. The third kappa shape index (κ3) is 4.33. The maximum Gasteiger partial charge on any atom is 0.0681 e. The van der Waals surface area contributed by atoms with Crippen LogP contribution in [0.25, 0.3) is 0 Å². The van der Waals surface area contributed by atoms with Crippen LogP contribution in [-0.2, 0) is 6.61 Å². The molecule has 0 unspecified atom stereocenters. The summed E-state index contributed by atoms with van der Waals surface area (Å²) in [5.41, 5.74) is 0.965. The van der Waals surface area contributed by atoms with Gasteiger partial charge in [0.1, 0.15) is 0 Å². The van der Waals surface area contributed by atoms with Crippen molar-refractivity contribution in [3.63, 3.8) is 0 Å². The second kappa shape index (κ2) is 6.74. The molecule has 72 valence electrons. The normalized spacial score (nSPS) is 8.64. The lowest BCUT2D eigenvalue weighted by atomic mass is 10.2. The summed E-state index contributed by atoms with van der Waals surface area (Å²) in [6.45, 7) is 0.140. The molecular weight excluding hydrogens is 176 g/mol. The molecule has 2 aromatic rings. The Labute approximate surface area is 83.1 Å². The summed E-state index contributed by atoms with van der Waals surface area (Å²) < 4.78 is 0. The number of aliphatic hydroxyl groups excluding tert-OH is 1. The second-order valence-electron chi connectivity index (χ2n) is 2.54. The minimum absolute atomic E-state index is 0.140. The van der Waals surface area contributed by atoms with E-state index in [9.17, 15) is 0 Å². The van der Waals surface area contributed by atoms with Crippen LogP contribution < -0.4 is 0 Å². The summed E-state index contributed by atoms with van der Waals surface area (Å²) >= 11 is 0. The van der Waals surface area contributed by atoms with Gasteiger partial charge in [0.05, 0.1) is 6.61 Å². The van der Waals surface area contributed by atoms with E-state index in [0.29, 0.717) is 0 Å². The lowest BCUT2D eigenvalue weighted by Crippen LogP contribution is -1.77. The molecular formula is C11H12N2O. The fourth-order valence-electron chi connectivity index (χ4n) is 0.837. The van der Waals surface area contributed by atoms with Crippen molar-refractivity contribution < 1.29 is 5.11 Å². The molecule has 0 amide bonds. The lowest BCUT2D eigenvalue weighted by Gasteiger charge is -1.89. The van der Waals surface area contributed by atoms with Crippen molar-refractivity contribution in [1.29, 1.82) is 0 Å². The maximum absolute atomic E-state index is 8.54. The number of rotatable bonds is 1. The topological polar surface area (TPSA) is 46.0 Å². The van der Waals surface area contributed by atoms with Crippen LogP contribution in [-0.4, -0.2) is 15.1 Å². The average molecular weight is 188 g/mol. The molecule has 2 rings (SSSR count). The first-order valence-electron chi connectivity index (χ1n) is 4.28. The van der Waals surface area contributed by atoms with E-state index in [0.717, 1.165) is 5.56 Å². The van der Waals surface area contributed by atoms with Crippen LogP contribution in [0, 0.1) is 0 Å². The first kappa shape index (κ1) is 10.3. The zero-order chi connectivity index (χ0) is 10.1. The van der Waals surface area contributed by atoms with E-state index in [2.05, 4.69) is 9.97 Å². The van der Waals surface area contributed by atoms with Crippen LogP contribution >= 0.6 is 0 Å². The Hall–Kier alpha value is -1.74. The van der Waals surface area contributed by atoms with E-state index >= 15 is 0 Å². The zero-order valence-corrected chi connectivity index (χ0v) is 7.74. The van der Waals surface area contributed by atoms with Gasteiger partial charge in [-0.25, -0.2) is 0 Å². The van der Waals surface area contributed by atoms with E-state index in [4.69, 9.17) is 5.11 Å². The van der Waals surface area contributed by atoms with Crippen LogP contribution in [0.1, 0.15) is 5.56 Å². The Morgan fingerprint density at radius 2 is 1.36 bits per heavy atom. The molecule has 0 aliphatic carbocycles. The quantitative estimate of drug-likeness (QED) is 0.740. The van der Waals surface area contributed by atoms with E-state index in [1.54, 1.807) is 24.8 Å². The standard InChI is InChI=1S/C7H8O.C4H4N2/c8-6-7-4-2-1-3-5-7;1-2-6-4-3-5-1/h1-5,8H,6H2;1-4H. The van der Waals surface area contributed by atoms with Crippen molar-refractivity contribution in [2.24, 2.45) is 0 Å². The fraction of sp³-hybridized carbons (Fsp3) is 0.0909. The number of aromatic nitrogens is 2. The van der Waals surface area contributed by atoms with Crippen LogP contribution in [0.3, 0.4) is 0 Å². The van der Waals surface area contributed by atoms with Crippen molar-refractivity contribution in [3.8, 4) is 0 Å². The highest BCUT2D eigenvalue weighted by Gasteiger charge is 1.81. The number of benzene rings is 1. The first-order chi connectivity index (χ1) is 6.93. The van der Waals surface area contributed by atoms with Gasteiger partial charge in [0.2, 0.25) is 0 Å². The fourth-order valence-corrected chi connectivity index (χ4v) is 0.837. The average Bonchev–Trinajstić information content (AvgIpc) is 2.33. The molecule has 0 fully saturated rings. The van der Waals surface area contributed by atoms with E-state index in [1.807, 2.05) is 30.3 Å². The van der Waals surface area contributed by atoms with Gasteiger partial charge < -0.3 is 5.11 Å². The van der Waals surface area contributed by atoms with Crippen molar-refractivity contribution >= 4 is 0 Å². The molecule has 14 heavy (non-hydrogen) atoms. The monoisotopic (exact) mass is 188 g/mol. The molecule has 0 saturated heterocycles. The molecule has 0 saturated carbocycles. The van der Waals surface area contributed by atoms with Gasteiger partial charge in [0, 0.05) is 24.8 Å². The van der Waals surface area contributed by atoms with E-state index in [1.165, 1.54) is 0 Å². The summed E-state index contributed by atoms with van der Waals surface area (Å²) in [6, 6.07) is 9.52. The molecule has 0 aliphatic rings. The largest absolute Gasteiger partial charge is 0.392 e. The Morgan fingerprint density at radius 3 is 1.64 bits per heavy atom. The van der Waals surface area contributed by atoms with Gasteiger partial charge in [0.15, 0.2) is 0 Å². The second-order valence-corrected chi connectivity index (χ2v) is 2.54. The Kier molecular flexibility index (Phi) is 4.98. The molecule has 1 aromatic heterocycles. The molecule has 1 heterocycles. The maximum atomic E-state index is 8.54. The van der Waals surface area contributed by atoms with Gasteiger partial charge in [0.25, 0.3) is 0 Å². The predicted molar refractivity (Wildman–Crippen MR) is 54.4 cm³/mol. The van der Waals surface area contributed by atoms with Gasteiger partial charge in [-0.05, 0) is 5.56 Å². The lowest BCUT2D eigenvalue weighted by molar-refractivity contribution is 0.282. The van der Waals surface area contributed by atoms with E-state index < -0.39 is 0 Å². The summed E-state index contributed by atoms with van der Waals surface area (Å²) in [6.07, 6.45) is 6.56. The molecule has 0 bridgehead atoms. The highest BCUT2D eigenvalue weighted by atomic mass is 16.3. The molecule has 0 atom stereocenters. The van der Waals surface area contributed by atoms with Crippen LogP contribution in [0.2, 0.25) is 0 Å². The third-order valence-electron chi connectivity index (χ3n) is 1.50. The minimum atomic E-state index is 0.140. The Balaban J connectivity index is 0.000000146. The van der Waals surface area contributed by atoms with Crippen LogP contribution in [0.4, 0.5) is 0 Å². The van der Waals surface area contributed by atoms with E-state index in [-0.39, 0.29) is 6.61 Å². The van der Waals surface area contributed by atoms with Gasteiger partial charge in [-0.1, -0.05) is 30.3 Å². The highest BCUT2D eigenvalue weighted by Crippen LogP contribution is 1.95. The van der Waals surface area contributed by atoms with Crippen molar-refractivity contribution in [2.45, 2.75) is 6.61 Å². The van der Waals surface area contributed by atoms with Crippen molar-refractivity contribution in [2.75, 3.05) is 0 Å². The molecule has 1 aromatic carbocycles. The van der Waals surface area contributed by atoms with Crippen molar-refractivity contribution in [1.82, 2.24) is 9.97 Å².